The molecule has 13 aromatic rings. The van der Waals surface area contributed by atoms with Gasteiger partial charge in [-0.05, 0) is 65.0 Å². The van der Waals surface area contributed by atoms with Crippen LogP contribution in [0.2, 0.25) is 0 Å². The third-order valence-corrected chi connectivity index (χ3v) is 12.6. The molecule has 0 bridgehead atoms. The summed E-state index contributed by atoms with van der Waals surface area (Å²) in [6.45, 7) is 0. The summed E-state index contributed by atoms with van der Waals surface area (Å²) in [5.41, 5.74) is 10.6. The van der Waals surface area contributed by atoms with Crippen LogP contribution in [0.3, 0.4) is 0 Å². The van der Waals surface area contributed by atoms with E-state index in [1.807, 2.05) is 12.1 Å². The van der Waals surface area contributed by atoms with Crippen LogP contribution in [0.1, 0.15) is 0 Å². The van der Waals surface area contributed by atoms with Crippen molar-refractivity contribution >= 4 is 108 Å². The van der Waals surface area contributed by atoms with Crippen molar-refractivity contribution in [3.63, 3.8) is 0 Å². The number of rotatable bonds is 3. The normalized spacial score (nSPS) is 12.3. The molecule has 0 radical (unpaired) electrons. The molecule has 0 saturated heterocycles. The first-order valence-electron chi connectivity index (χ1n) is 18.7. The molecule has 13 rings (SSSR count). The molecule has 0 spiro atoms. The number of hydrogen-bond donors (Lipinski definition) is 0. The van der Waals surface area contributed by atoms with Gasteiger partial charge in [0.2, 0.25) is 5.95 Å². The molecule has 8 aromatic carbocycles. The number of para-hydroxylation sites is 2. The minimum atomic E-state index is 0.610. The Morgan fingerprint density at radius 2 is 1.14 bits per heavy atom. The molecule has 5 nitrogen and oxygen atoms in total. The zero-order valence-electron chi connectivity index (χ0n) is 29.7. The molecule has 5 heterocycles. The van der Waals surface area contributed by atoms with Gasteiger partial charge in [0, 0.05) is 48.0 Å². The molecule has 56 heavy (non-hydrogen) atoms. The number of aromatic nitrogens is 3. The number of thiophene rings is 1. The number of nitrogens with zero attached hydrogens (tertiary/aromatic N) is 3. The van der Waals surface area contributed by atoms with Gasteiger partial charge in [-0.2, -0.15) is 0 Å². The summed E-state index contributed by atoms with van der Waals surface area (Å²) in [5, 5.41) is 9.89. The van der Waals surface area contributed by atoms with Gasteiger partial charge in [-0.15, -0.1) is 11.3 Å². The number of fused-ring (bicyclic) bond motifs is 15. The van der Waals surface area contributed by atoms with Gasteiger partial charge >= 0.3 is 0 Å². The Bertz CT molecular complexity index is 3770. The van der Waals surface area contributed by atoms with Crippen LogP contribution in [0.15, 0.2) is 173 Å². The Kier molecular flexibility index (Phi) is 5.98. The van der Waals surface area contributed by atoms with E-state index in [1.165, 1.54) is 21.2 Å². The Hall–Kier alpha value is -7.28. The van der Waals surface area contributed by atoms with Gasteiger partial charge in [0.05, 0.1) is 32.3 Å². The third-order valence-electron chi connectivity index (χ3n) is 11.4. The van der Waals surface area contributed by atoms with Crippen LogP contribution >= 0.6 is 11.3 Å². The Morgan fingerprint density at radius 1 is 0.446 bits per heavy atom. The molecule has 0 saturated carbocycles. The summed E-state index contributed by atoms with van der Waals surface area (Å²) in [5.74, 6) is 0.610. The van der Waals surface area contributed by atoms with Gasteiger partial charge in [-0.1, -0.05) is 115 Å². The molecule has 0 aliphatic heterocycles. The highest BCUT2D eigenvalue weighted by Gasteiger charge is 2.24. The van der Waals surface area contributed by atoms with E-state index in [-0.39, 0.29) is 0 Å². The van der Waals surface area contributed by atoms with Crippen molar-refractivity contribution in [1.29, 1.82) is 0 Å². The lowest BCUT2D eigenvalue weighted by atomic mass is 9.95. The molecule has 0 aliphatic rings. The van der Waals surface area contributed by atoms with Gasteiger partial charge < -0.3 is 8.83 Å². The quantitative estimate of drug-likeness (QED) is 0.181. The summed E-state index contributed by atoms with van der Waals surface area (Å²) in [4.78, 5) is 10.9. The van der Waals surface area contributed by atoms with Crippen LogP contribution in [0.4, 0.5) is 0 Å². The second kappa shape index (κ2) is 11.1. The van der Waals surface area contributed by atoms with E-state index in [0.717, 1.165) is 97.9 Å². The molecule has 0 N–H and O–H groups in total. The van der Waals surface area contributed by atoms with Gasteiger partial charge in [0.15, 0.2) is 0 Å². The van der Waals surface area contributed by atoms with E-state index < -0.39 is 0 Å². The number of furan rings is 2. The van der Waals surface area contributed by atoms with Crippen molar-refractivity contribution in [2.24, 2.45) is 0 Å². The SMILES string of the molecule is c1ccc(-c2cc3c4ccc5c(c6ccccc6n5-c5nc(-c6ccc7c(c6)oc6ccccc67)c6sc7ccccc7c6n5)c4oc3c3ccccc23)cc1. The molecular weight excluding hydrogens is 707 g/mol. The standard InChI is InChI=1S/C50H27N3O2S/c1-2-12-28(13-3-1)37-27-38-34-24-25-40-44(48(34)55-47(38)33-16-5-4-14-30(33)37)35-17-6-9-19-39(35)53(40)50-51-45(49-46(52-50)36-18-8-11-21-43(36)56-49)29-22-23-32-31-15-7-10-20-41(31)54-42(32)26-29/h1-27H. The lowest BCUT2D eigenvalue weighted by Crippen LogP contribution is -2.02. The summed E-state index contributed by atoms with van der Waals surface area (Å²) in [7, 11) is 0. The first-order chi connectivity index (χ1) is 27.8. The van der Waals surface area contributed by atoms with Crippen molar-refractivity contribution in [1.82, 2.24) is 14.5 Å². The van der Waals surface area contributed by atoms with Crippen LogP contribution in [0.25, 0.3) is 125 Å². The molecule has 260 valence electrons. The fourth-order valence-corrected chi connectivity index (χ4v) is 10.1. The first kappa shape index (κ1) is 30.1. The molecule has 0 fully saturated rings. The van der Waals surface area contributed by atoms with Gasteiger partial charge in [-0.3, -0.25) is 4.57 Å². The Morgan fingerprint density at radius 3 is 2.04 bits per heavy atom. The average molecular weight is 734 g/mol. The molecule has 0 amide bonds. The van der Waals surface area contributed by atoms with Gasteiger partial charge in [0.25, 0.3) is 0 Å². The van der Waals surface area contributed by atoms with E-state index in [0.29, 0.717) is 5.95 Å². The predicted molar refractivity (Wildman–Crippen MR) is 232 cm³/mol. The van der Waals surface area contributed by atoms with Crippen molar-refractivity contribution in [2.75, 3.05) is 0 Å². The van der Waals surface area contributed by atoms with Crippen LogP contribution in [-0.2, 0) is 0 Å². The van der Waals surface area contributed by atoms with E-state index in [4.69, 9.17) is 18.8 Å². The molecule has 0 aliphatic carbocycles. The van der Waals surface area contributed by atoms with Crippen LogP contribution in [-0.4, -0.2) is 14.5 Å². The highest BCUT2D eigenvalue weighted by Crippen LogP contribution is 2.46. The maximum Gasteiger partial charge on any atom is 0.235 e. The smallest absolute Gasteiger partial charge is 0.235 e. The van der Waals surface area contributed by atoms with Crippen molar-refractivity contribution in [3.8, 4) is 28.3 Å². The molecule has 5 aromatic heterocycles. The minimum Gasteiger partial charge on any atom is -0.456 e. The summed E-state index contributed by atoms with van der Waals surface area (Å²) in [6.07, 6.45) is 0. The Balaban J connectivity index is 1.12. The molecular formula is C50H27N3O2S. The molecule has 6 heteroatoms. The average Bonchev–Trinajstić information content (AvgIpc) is 4.02. The minimum absolute atomic E-state index is 0.610. The fraction of sp³-hybridized carbons (Fsp3) is 0. The van der Waals surface area contributed by atoms with E-state index in [1.54, 1.807) is 11.3 Å². The summed E-state index contributed by atoms with van der Waals surface area (Å²) >= 11 is 1.73. The topological polar surface area (TPSA) is 57.0 Å². The zero-order valence-corrected chi connectivity index (χ0v) is 30.5. The van der Waals surface area contributed by atoms with Crippen LogP contribution in [0, 0.1) is 0 Å². The number of hydrogen-bond acceptors (Lipinski definition) is 5. The maximum absolute atomic E-state index is 7.04. The van der Waals surface area contributed by atoms with E-state index >= 15 is 0 Å². The third kappa shape index (κ3) is 4.08. The lowest BCUT2D eigenvalue weighted by Gasteiger charge is -2.10. The first-order valence-corrected chi connectivity index (χ1v) is 19.6. The van der Waals surface area contributed by atoms with Crippen molar-refractivity contribution in [2.45, 2.75) is 0 Å². The largest absolute Gasteiger partial charge is 0.456 e. The van der Waals surface area contributed by atoms with Crippen molar-refractivity contribution < 1.29 is 8.83 Å². The van der Waals surface area contributed by atoms with Crippen molar-refractivity contribution in [3.05, 3.63) is 164 Å². The highest BCUT2D eigenvalue weighted by molar-refractivity contribution is 7.26. The zero-order chi connectivity index (χ0) is 36.5. The number of benzene rings is 8. The highest BCUT2D eigenvalue weighted by atomic mass is 32.1. The molecule has 0 unspecified atom stereocenters. The fourth-order valence-electron chi connectivity index (χ4n) is 8.93. The summed E-state index contributed by atoms with van der Waals surface area (Å²) in [6, 6.07) is 57.6. The maximum atomic E-state index is 7.04. The van der Waals surface area contributed by atoms with Crippen LogP contribution in [0.5, 0.6) is 0 Å². The van der Waals surface area contributed by atoms with Crippen LogP contribution < -0.4 is 0 Å². The molecule has 0 atom stereocenters. The van der Waals surface area contributed by atoms with E-state index in [9.17, 15) is 0 Å². The Labute approximate surface area is 322 Å². The lowest BCUT2D eigenvalue weighted by molar-refractivity contribution is 0.669. The summed E-state index contributed by atoms with van der Waals surface area (Å²) < 4.78 is 17.8. The monoisotopic (exact) mass is 733 g/mol. The second-order valence-electron chi connectivity index (χ2n) is 14.5. The predicted octanol–water partition coefficient (Wildman–Crippen LogP) is 14.2. The van der Waals surface area contributed by atoms with Gasteiger partial charge in [-0.25, -0.2) is 9.97 Å². The van der Waals surface area contributed by atoms with Gasteiger partial charge in [0.1, 0.15) is 22.3 Å². The van der Waals surface area contributed by atoms with E-state index in [2.05, 4.69) is 156 Å². The second-order valence-corrected chi connectivity index (χ2v) is 15.5.